The van der Waals surface area contributed by atoms with Crippen molar-refractivity contribution in [2.45, 2.75) is 32.8 Å². The molecule has 0 radical (unpaired) electrons. The van der Waals surface area contributed by atoms with Crippen LogP contribution in [0.1, 0.15) is 37.0 Å². The Labute approximate surface area is 113 Å². The van der Waals surface area contributed by atoms with Crippen molar-refractivity contribution in [3.63, 3.8) is 0 Å². The summed E-state index contributed by atoms with van der Waals surface area (Å²) in [7, 11) is 0. The van der Waals surface area contributed by atoms with Crippen LogP contribution in [0.15, 0.2) is 18.2 Å². The highest BCUT2D eigenvalue weighted by Gasteiger charge is 2.20. The normalized spacial score (nSPS) is 15.2. The molecule has 3 nitrogen and oxygen atoms in total. The van der Waals surface area contributed by atoms with Crippen molar-refractivity contribution in [2.75, 3.05) is 13.1 Å². The van der Waals surface area contributed by atoms with Crippen molar-refractivity contribution in [2.24, 2.45) is 0 Å². The molecule has 0 saturated carbocycles. The summed E-state index contributed by atoms with van der Waals surface area (Å²) in [6.45, 7) is 5.58. The predicted molar refractivity (Wildman–Crippen MR) is 72.4 cm³/mol. The molecule has 0 atom stereocenters. The molecule has 1 amide bonds. The van der Waals surface area contributed by atoms with Gasteiger partial charge in [0.25, 0.3) is 5.91 Å². The lowest BCUT2D eigenvalue weighted by molar-refractivity contribution is 0.0793. The molecule has 1 aromatic carbocycles. The Morgan fingerprint density at radius 2 is 2.00 bits per heavy atom. The van der Waals surface area contributed by atoms with E-state index in [2.05, 4.69) is 0 Å². The summed E-state index contributed by atoms with van der Waals surface area (Å²) >= 11 is 6.13. The van der Waals surface area contributed by atoms with E-state index < -0.39 is 0 Å². The second kappa shape index (κ2) is 5.61. The zero-order chi connectivity index (χ0) is 13.1. The first kappa shape index (κ1) is 13.2. The first-order chi connectivity index (χ1) is 8.58. The van der Waals surface area contributed by atoms with Gasteiger partial charge in [-0.15, -0.1) is 0 Å². The average molecular weight is 268 g/mol. The van der Waals surface area contributed by atoms with E-state index in [0.29, 0.717) is 16.3 Å². The Morgan fingerprint density at radius 3 is 2.56 bits per heavy atom. The minimum absolute atomic E-state index is 0.0606. The summed E-state index contributed by atoms with van der Waals surface area (Å²) in [4.78, 5) is 14.0. The van der Waals surface area contributed by atoms with E-state index in [1.54, 1.807) is 18.2 Å². The van der Waals surface area contributed by atoms with Crippen LogP contribution in [-0.4, -0.2) is 30.0 Å². The molecule has 1 fully saturated rings. The molecule has 1 aliphatic rings. The van der Waals surface area contributed by atoms with E-state index in [1.165, 1.54) is 0 Å². The summed E-state index contributed by atoms with van der Waals surface area (Å²) in [5.41, 5.74) is 0.637. The van der Waals surface area contributed by atoms with E-state index in [-0.39, 0.29) is 12.0 Å². The Kier molecular flexibility index (Phi) is 4.12. The lowest BCUT2D eigenvalue weighted by atomic mass is 10.2. The lowest BCUT2D eigenvalue weighted by Gasteiger charge is -2.16. The monoisotopic (exact) mass is 267 g/mol. The maximum atomic E-state index is 12.2. The predicted octanol–water partition coefficient (Wildman–Crippen LogP) is 3.36. The molecule has 0 aliphatic carbocycles. The summed E-state index contributed by atoms with van der Waals surface area (Å²) in [6, 6.07) is 5.25. The summed E-state index contributed by atoms with van der Waals surface area (Å²) in [6.07, 6.45) is 2.25. The third kappa shape index (κ3) is 2.96. The number of likely N-dealkylation sites (tertiary alicyclic amines) is 1. The molecule has 1 aliphatic heterocycles. The number of halogens is 1. The zero-order valence-corrected chi connectivity index (χ0v) is 11.5. The van der Waals surface area contributed by atoms with Crippen molar-refractivity contribution in [3.05, 3.63) is 28.8 Å². The molecule has 0 N–H and O–H groups in total. The summed E-state index contributed by atoms with van der Waals surface area (Å²) in [5, 5.41) is 0.494. The largest absolute Gasteiger partial charge is 0.489 e. The van der Waals surface area contributed by atoms with Gasteiger partial charge in [0, 0.05) is 18.7 Å². The van der Waals surface area contributed by atoms with Gasteiger partial charge in [0.05, 0.1) is 11.1 Å². The standard InChI is InChI=1S/C14H18ClNO2/c1-10(2)18-13-6-5-11(9-12(13)15)14(17)16-7-3-4-8-16/h5-6,9-10H,3-4,7-8H2,1-2H3. The second-order valence-corrected chi connectivity index (χ2v) is 5.22. The minimum atomic E-state index is 0.0606. The fraction of sp³-hybridized carbons (Fsp3) is 0.500. The lowest BCUT2D eigenvalue weighted by Crippen LogP contribution is -2.27. The molecule has 98 valence electrons. The smallest absolute Gasteiger partial charge is 0.253 e. The molecule has 1 aromatic rings. The Morgan fingerprint density at radius 1 is 1.33 bits per heavy atom. The number of carbonyl (C=O) groups excluding carboxylic acids is 1. The van der Waals surface area contributed by atoms with Gasteiger partial charge in [0.2, 0.25) is 0 Å². The molecule has 0 bridgehead atoms. The second-order valence-electron chi connectivity index (χ2n) is 4.81. The van der Waals surface area contributed by atoms with Crippen LogP contribution in [0, 0.1) is 0 Å². The van der Waals surface area contributed by atoms with Crippen LogP contribution in [0.3, 0.4) is 0 Å². The van der Waals surface area contributed by atoms with Gasteiger partial charge in [0.15, 0.2) is 0 Å². The average Bonchev–Trinajstić information content (AvgIpc) is 2.84. The van der Waals surface area contributed by atoms with Gasteiger partial charge >= 0.3 is 0 Å². The third-order valence-electron chi connectivity index (χ3n) is 2.93. The number of hydrogen-bond acceptors (Lipinski definition) is 2. The fourth-order valence-corrected chi connectivity index (χ4v) is 2.31. The number of benzene rings is 1. The highest BCUT2D eigenvalue weighted by Crippen LogP contribution is 2.27. The highest BCUT2D eigenvalue weighted by atomic mass is 35.5. The van der Waals surface area contributed by atoms with E-state index in [4.69, 9.17) is 16.3 Å². The van der Waals surface area contributed by atoms with Crippen molar-refractivity contribution in [1.29, 1.82) is 0 Å². The molecule has 2 rings (SSSR count). The third-order valence-corrected chi connectivity index (χ3v) is 3.23. The molecular formula is C14H18ClNO2. The fourth-order valence-electron chi connectivity index (χ4n) is 2.09. The number of rotatable bonds is 3. The van der Waals surface area contributed by atoms with Gasteiger partial charge in [-0.3, -0.25) is 4.79 Å². The number of carbonyl (C=O) groups is 1. The van der Waals surface area contributed by atoms with Crippen LogP contribution < -0.4 is 4.74 Å². The van der Waals surface area contributed by atoms with Gasteiger partial charge in [-0.2, -0.15) is 0 Å². The summed E-state index contributed by atoms with van der Waals surface area (Å²) in [5.74, 6) is 0.690. The van der Waals surface area contributed by atoms with Crippen molar-refractivity contribution >= 4 is 17.5 Å². The van der Waals surface area contributed by atoms with Gasteiger partial charge in [-0.25, -0.2) is 0 Å². The van der Waals surface area contributed by atoms with Crippen LogP contribution in [0.4, 0.5) is 0 Å². The highest BCUT2D eigenvalue weighted by molar-refractivity contribution is 6.32. The van der Waals surface area contributed by atoms with Crippen molar-refractivity contribution in [3.8, 4) is 5.75 Å². The molecule has 0 unspecified atom stereocenters. The SMILES string of the molecule is CC(C)Oc1ccc(C(=O)N2CCCC2)cc1Cl. The Balaban J connectivity index is 2.15. The van der Waals surface area contributed by atoms with E-state index in [0.717, 1.165) is 25.9 Å². The topological polar surface area (TPSA) is 29.5 Å². The Bertz CT molecular complexity index is 439. The van der Waals surface area contributed by atoms with Crippen LogP contribution in [0.2, 0.25) is 5.02 Å². The molecule has 1 saturated heterocycles. The molecule has 0 aromatic heterocycles. The van der Waals surface area contributed by atoms with E-state index in [1.807, 2.05) is 18.7 Å². The van der Waals surface area contributed by atoms with Crippen molar-refractivity contribution < 1.29 is 9.53 Å². The van der Waals surface area contributed by atoms with Gasteiger partial charge in [0.1, 0.15) is 5.75 Å². The number of hydrogen-bond donors (Lipinski definition) is 0. The first-order valence-corrected chi connectivity index (χ1v) is 6.71. The first-order valence-electron chi connectivity index (χ1n) is 6.33. The number of amides is 1. The molecule has 4 heteroatoms. The molecular weight excluding hydrogens is 250 g/mol. The van der Waals surface area contributed by atoms with Crippen molar-refractivity contribution in [1.82, 2.24) is 4.90 Å². The van der Waals surface area contributed by atoms with Gasteiger partial charge in [-0.1, -0.05) is 11.6 Å². The van der Waals surface area contributed by atoms with E-state index in [9.17, 15) is 4.79 Å². The summed E-state index contributed by atoms with van der Waals surface area (Å²) < 4.78 is 5.55. The maximum Gasteiger partial charge on any atom is 0.253 e. The van der Waals surface area contributed by atoms with Crippen LogP contribution in [-0.2, 0) is 0 Å². The van der Waals surface area contributed by atoms with Crippen LogP contribution >= 0.6 is 11.6 Å². The number of nitrogens with zero attached hydrogens (tertiary/aromatic N) is 1. The minimum Gasteiger partial charge on any atom is -0.489 e. The molecule has 1 heterocycles. The quantitative estimate of drug-likeness (QED) is 0.840. The zero-order valence-electron chi connectivity index (χ0n) is 10.8. The van der Waals surface area contributed by atoms with E-state index >= 15 is 0 Å². The number of ether oxygens (including phenoxy) is 1. The van der Waals surface area contributed by atoms with Crippen LogP contribution in [0.25, 0.3) is 0 Å². The molecule has 0 spiro atoms. The molecule has 18 heavy (non-hydrogen) atoms. The van der Waals surface area contributed by atoms with Gasteiger partial charge in [-0.05, 0) is 44.9 Å². The van der Waals surface area contributed by atoms with Gasteiger partial charge < -0.3 is 9.64 Å². The van der Waals surface area contributed by atoms with Crippen LogP contribution in [0.5, 0.6) is 5.75 Å². The maximum absolute atomic E-state index is 12.2. The Hall–Kier alpha value is -1.22.